The molecule has 1 aliphatic heterocycles. The predicted octanol–water partition coefficient (Wildman–Crippen LogP) is 3.75. The monoisotopic (exact) mass is 457 g/mol. The standard InChI is InChI=1S/C25H31N9/c1-4-19(20-6-5-7-22(32-20)34-12-15(2)31-16(3)13-34)33-25-23-18(11-28-24(23)29-14-30-25)17-8-9-27-21(26)10-17/h5-11,14-16,19,31H,4,12-13H2,1-3H3,(H2,26,27)(H2,28,29,30,33)/t15-,16+,19-/m0/s1. The molecule has 176 valence electrons. The Hall–Kier alpha value is -3.72. The molecule has 0 spiro atoms. The summed E-state index contributed by atoms with van der Waals surface area (Å²) in [4.78, 5) is 23.8. The van der Waals surface area contributed by atoms with Crippen LogP contribution in [0.5, 0.6) is 0 Å². The fraction of sp³-hybridized carbons (Fsp3) is 0.360. The maximum absolute atomic E-state index is 5.93. The van der Waals surface area contributed by atoms with Gasteiger partial charge in [0.05, 0.1) is 17.1 Å². The molecule has 0 aliphatic carbocycles. The third kappa shape index (κ3) is 4.38. The quantitative estimate of drug-likeness (QED) is 0.345. The Balaban J connectivity index is 1.47. The van der Waals surface area contributed by atoms with Crippen LogP contribution < -0.4 is 21.3 Å². The molecule has 9 heteroatoms. The van der Waals surface area contributed by atoms with Crippen LogP contribution in [-0.2, 0) is 0 Å². The number of nitrogens with one attached hydrogen (secondary N) is 3. The van der Waals surface area contributed by atoms with E-state index in [9.17, 15) is 0 Å². The van der Waals surface area contributed by atoms with Crippen LogP contribution in [0.1, 0.15) is 38.9 Å². The molecule has 5 N–H and O–H groups in total. The van der Waals surface area contributed by atoms with Crippen molar-refractivity contribution in [3.63, 3.8) is 0 Å². The summed E-state index contributed by atoms with van der Waals surface area (Å²) in [5, 5.41) is 8.14. The highest BCUT2D eigenvalue weighted by Crippen LogP contribution is 2.34. The van der Waals surface area contributed by atoms with Gasteiger partial charge < -0.3 is 26.3 Å². The van der Waals surface area contributed by atoms with Crippen LogP contribution in [0, 0.1) is 0 Å². The Morgan fingerprint density at radius 2 is 1.97 bits per heavy atom. The minimum Gasteiger partial charge on any atom is -0.384 e. The lowest BCUT2D eigenvalue weighted by Crippen LogP contribution is -2.54. The number of anilines is 3. The first-order chi connectivity index (χ1) is 16.5. The second-order valence-corrected chi connectivity index (χ2v) is 9.02. The summed E-state index contributed by atoms with van der Waals surface area (Å²) in [7, 11) is 0. The minimum atomic E-state index is 0.000993. The van der Waals surface area contributed by atoms with E-state index in [1.54, 1.807) is 12.5 Å². The van der Waals surface area contributed by atoms with Crippen LogP contribution in [-0.4, -0.2) is 50.1 Å². The van der Waals surface area contributed by atoms with Crippen LogP contribution in [0.3, 0.4) is 0 Å². The van der Waals surface area contributed by atoms with Crippen molar-refractivity contribution < 1.29 is 0 Å². The molecule has 4 aromatic rings. The van der Waals surface area contributed by atoms with Gasteiger partial charge in [-0.2, -0.15) is 0 Å². The third-order valence-corrected chi connectivity index (χ3v) is 6.28. The SMILES string of the molecule is CC[C@H](Nc1ncnc2[nH]cc(-c3ccnc(N)c3)c12)c1cccc(N2C[C@@H](C)N[C@@H](C)C2)n1. The summed E-state index contributed by atoms with van der Waals surface area (Å²) in [5.41, 5.74) is 9.64. The topological polar surface area (TPSA) is 121 Å². The van der Waals surface area contributed by atoms with Gasteiger partial charge in [-0.15, -0.1) is 0 Å². The van der Waals surface area contributed by atoms with E-state index in [1.165, 1.54) is 0 Å². The van der Waals surface area contributed by atoms with Gasteiger partial charge in [0.15, 0.2) is 0 Å². The number of hydrogen-bond donors (Lipinski definition) is 4. The Kier molecular flexibility index (Phi) is 6.02. The van der Waals surface area contributed by atoms with Crippen molar-refractivity contribution in [3.05, 3.63) is 54.7 Å². The highest BCUT2D eigenvalue weighted by molar-refractivity contribution is 6.01. The van der Waals surface area contributed by atoms with Gasteiger partial charge in [0, 0.05) is 43.1 Å². The maximum Gasteiger partial charge on any atom is 0.143 e. The number of hydrogen-bond acceptors (Lipinski definition) is 8. The molecule has 3 atom stereocenters. The summed E-state index contributed by atoms with van der Waals surface area (Å²) >= 11 is 0. The largest absolute Gasteiger partial charge is 0.384 e. The van der Waals surface area contributed by atoms with Crippen molar-refractivity contribution in [2.75, 3.05) is 29.0 Å². The smallest absolute Gasteiger partial charge is 0.143 e. The van der Waals surface area contributed by atoms with Gasteiger partial charge >= 0.3 is 0 Å². The maximum atomic E-state index is 5.93. The first-order valence-electron chi connectivity index (χ1n) is 11.8. The molecule has 5 rings (SSSR count). The van der Waals surface area contributed by atoms with E-state index in [0.29, 0.717) is 17.9 Å². The van der Waals surface area contributed by atoms with Crippen LogP contribution in [0.25, 0.3) is 22.2 Å². The number of aromatic nitrogens is 5. The number of nitrogens with zero attached hydrogens (tertiary/aromatic N) is 5. The number of rotatable bonds is 6. The number of H-pyrrole nitrogens is 1. The average molecular weight is 458 g/mol. The molecule has 1 aliphatic rings. The molecular formula is C25H31N9. The third-order valence-electron chi connectivity index (χ3n) is 6.28. The summed E-state index contributed by atoms with van der Waals surface area (Å²) in [6.45, 7) is 8.47. The molecule has 0 saturated carbocycles. The molecule has 1 fully saturated rings. The molecule has 5 heterocycles. The van der Waals surface area contributed by atoms with Crippen LogP contribution in [0.15, 0.2) is 49.1 Å². The number of nitrogens with two attached hydrogens (primary N) is 1. The van der Waals surface area contributed by atoms with Crippen molar-refractivity contribution in [2.45, 2.75) is 45.3 Å². The summed E-state index contributed by atoms with van der Waals surface area (Å²) in [6.07, 6.45) is 6.08. The molecular weight excluding hydrogens is 426 g/mol. The molecule has 0 unspecified atom stereocenters. The van der Waals surface area contributed by atoms with Crippen molar-refractivity contribution in [3.8, 4) is 11.1 Å². The Bertz CT molecular complexity index is 1270. The van der Waals surface area contributed by atoms with Crippen molar-refractivity contribution in [2.24, 2.45) is 0 Å². The van der Waals surface area contributed by atoms with Gasteiger partial charge in [-0.3, -0.25) is 0 Å². The second-order valence-electron chi connectivity index (χ2n) is 9.02. The zero-order chi connectivity index (χ0) is 23.7. The van der Waals surface area contributed by atoms with Crippen LogP contribution in [0.2, 0.25) is 0 Å². The fourth-order valence-corrected chi connectivity index (χ4v) is 4.79. The van der Waals surface area contributed by atoms with E-state index in [4.69, 9.17) is 10.7 Å². The van der Waals surface area contributed by atoms with Gasteiger partial charge in [-0.1, -0.05) is 13.0 Å². The molecule has 0 aromatic carbocycles. The van der Waals surface area contributed by atoms with Gasteiger partial charge in [0.2, 0.25) is 0 Å². The molecule has 9 nitrogen and oxygen atoms in total. The van der Waals surface area contributed by atoms with Crippen LogP contribution >= 0.6 is 0 Å². The van der Waals surface area contributed by atoms with E-state index >= 15 is 0 Å². The van der Waals surface area contributed by atoms with Crippen LogP contribution in [0.4, 0.5) is 17.5 Å². The van der Waals surface area contributed by atoms with Gasteiger partial charge in [-0.05, 0) is 50.1 Å². The number of piperazine rings is 1. The summed E-state index contributed by atoms with van der Waals surface area (Å²) in [5.74, 6) is 2.25. The Labute approximate surface area is 199 Å². The number of aromatic amines is 1. The highest BCUT2D eigenvalue weighted by Gasteiger charge is 2.23. The minimum absolute atomic E-state index is 0.000993. The lowest BCUT2D eigenvalue weighted by atomic mass is 10.1. The first-order valence-corrected chi connectivity index (χ1v) is 11.8. The van der Waals surface area contributed by atoms with Gasteiger partial charge in [0.25, 0.3) is 0 Å². The predicted molar refractivity (Wildman–Crippen MR) is 137 cm³/mol. The van der Waals surface area contributed by atoms with E-state index in [2.05, 4.69) is 74.4 Å². The van der Waals surface area contributed by atoms with E-state index < -0.39 is 0 Å². The number of pyridine rings is 2. The lowest BCUT2D eigenvalue weighted by molar-refractivity contribution is 0.405. The molecule has 1 saturated heterocycles. The van der Waals surface area contributed by atoms with Crippen molar-refractivity contribution in [1.29, 1.82) is 0 Å². The Morgan fingerprint density at radius 1 is 1.15 bits per heavy atom. The van der Waals surface area contributed by atoms with E-state index in [0.717, 1.165) is 59.0 Å². The average Bonchev–Trinajstić information content (AvgIpc) is 3.27. The van der Waals surface area contributed by atoms with Crippen molar-refractivity contribution >= 4 is 28.5 Å². The Morgan fingerprint density at radius 3 is 2.74 bits per heavy atom. The zero-order valence-electron chi connectivity index (χ0n) is 19.8. The van der Waals surface area contributed by atoms with E-state index in [1.807, 2.05) is 18.3 Å². The molecule has 0 bridgehead atoms. The van der Waals surface area contributed by atoms with Crippen molar-refractivity contribution in [1.82, 2.24) is 30.2 Å². The summed E-state index contributed by atoms with van der Waals surface area (Å²) < 4.78 is 0. The van der Waals surface area contributed by atoms with E-state index in [-0.39, 0.29) is 6.04 Å². The normalized spacial score (nSPS) is 19.3. The molecule has 34 heavy (non-hydrogen) atoms. The molecule has 4 aromatic heterocycles. The van der Waals surface area contributed by atoms with Gasteiger partial charge in [0.1, 0.15) is 29.4 Å². The van der Waals surface area contributed by atoms with Gasteiger partial charge in [-0.25, -0.2) is 19.9 Å². The number of nitrogen functional groups attached to an aromatic ring is 1. The second kappa shape index (κ2) is 9.26. The lowest BCUT2D eigenvalue weighted by Gasteiger charge is -2.37. The fourth-order valence-electron chi connectivity index (χ4n) is 4.79. The first kappa shape index (κ1) is 22.1. The molecule has 0 radical (unpaired) electrons. The number of fused-ring (bicyclic) bond motifs is 1. The zero-order valence-corrected chi connectivity index (χ0v) is 19.8. The molecule has 0 amide bonds. The highest BCUT2D eigenvalue weighted by atomic mass is 15.3. The summed E-state index contributed by atoms with van der Waals surface area (Å²) in [6, 6.07) is 10.9.